The van der Waals surface area contributed by atoms with E-state index in [1.165, 1.54) is 7.11 Å². The molecule has 0 bridgehead atoms. The minimum atomic E-state index is -0.669. The quantitative estimate of drug-likeness (QED) is 0.768. The molecule has 0 radical (unpaired) electrons. The van der Waals surface area contributed by atoms with E-state index in [1.807, 2.05) is 0 Å². The van der Waals surface area contributed by atoms with Gasteiger partial charge in [0.25, 0.3) is 11.8 Å². The zero-order valence-corrected chi connectivity index (χ0v) is 14.9. The number of thiophene rings is 1. The fourth-order valence-corrected chi connectivity index (χ4v) is 3.25. The van der Waals surface area contributed by atoms with Crippen LogP contribution in [0.1, 0.15) is 42.9 Å². The van der Waals surface area contributed by atoms with Gasteiger partial charge in [-0.3, -0.25) is 9.59 Å². The maximum atomic E-state index is 12.4. The molecule has 25 heavy (non-hydrogen) atoms. The van der Waals surface area contributed by atoms with E-state index in [9.17, 15) is 14.4 Å². The number of ether oxygens (including phenoxy) is 2. The van der Waals surface area contributed by atoms with Crippen LogP contribution in [0.5, 0.6) is 5.75 Å². The normalized spacial score (nSPS) is 10.2. The van der Waals surface area contributed by atoms with E-state index >= 15 is 0 Å². The molecule has 2 amide bonds. The highest BCUT2D eigenvalue weighted by Crippen LogP contribution is 2.34. The molecule has 3 N–H and O–H groups in total. The SMILES string of the molecule is CCOC(=O)c1c(NC(=O)c2ccc(OC)cc2)sc(C(N)=O)c1C. The molecule has 1 aromatic heterocycles. The average molecular weight is 362 g/mol. The highest BCUT2D eigenvalue weighted by atomic mass is 32.1. The molecule has 0 aliphatic heterocycles. The number of esters is 1. The Hall–Kier alpha value is -2.87. The Kier molecular flexibility index (Phi) is 5.76. The van der Waals surface area contributed by atoms with Crippen LogP contribution in [0.25, 0.3) is 0 Å². The Labute approximate surface area is 148 Å². The number of amides is 2. The molecule has 0 fully saturated rings. The molecule has 0 saturated carbocycles. The van der Waals surface area contributed by atoms with Gasteiger partial charge < -0.3 is 20.5 Å². The lowest BCUT2D eigenvalue weighted by Crippen LogP contribution is -2.15. The smallest absolute Gasteiger partial charge is 0.341 e. The number of benzene rings is 1. The molecular weight excluding hydrogens is 344 g/mol. The number of carbonyl (C=O) groups is 3. The number of rotatable bonds is 6. The van der Waals surface area contributed by atoms with Crippen LogP contribution in [-0.2, 0) is 4.74 Å². The Morgan fingerprint density at radius 1 is 1.20 bits per heavy atom. The second kappa shape index (κ2) is 7.80. The van der Waals surface area contributed by atoms with E-state index in [0.29, 0.717) is 16.9 Å². The lowest BCUT2D eigenvalue weighted by Gasteiger charge is -2.07. The average Bonchev–Trinajstić information content (AvgIpc) is 2.91. The van der Waals surface area contributed by atoms with Crippen molar-refractivity contribution in [2.75, 3.05) is 19.0 Å². The van der Waals surface area contributed by atoms with Gasteiger partial charge in [0.05, 0.1) is 24.2 Å². The zero-order valence-electron chi connectivity index (χ0n) is 14.0. The van der Waals surface area contributed by atoms with E-state index in [4.69, 9.17) is 15.2 Å². The van der Waals surface area contributed by atoms with E-state index in [-0.39, 0.29) is 22.0 Å². The molecule has 1 aromatic carbocycles. The second-order valence-electron chi connectivity index (χ2n) is 5.03. The lowest BCUT2D eigenvalue weighted by molar-refractivity contribution is 0.0527. The number of carbonyl (C=O) groups excluding carboxylic acids is 3. The summed E-state index contributed by atoms with van der Waals surface area (Å²) in [7, 11) is 1.53. The maximum absolute atomic E-state index is 12.4. The second-order valence-corrected chi connectivity index (χ2v) is 6.05. The van der Waals surface area contributed by atoms with E-state index in [1.54, 1.807) is 38.1 Å². The van der Waals surface area contributed by atoms with Crippen LogP contribution in [0.2, 0.25) is 0 Å². The number of hydrogen-bond acceptors (Lipinski definition) is 6. The Bertz CT molecular complexity index is 811. The summed E-state index contributed by atoms with van der Waals surface area (Å²) in [6.45, 7) is 3.43. The van der Waals surface area contributed by atoms with Crippen molar-refractivity contribution >= 4 is 34.1 Å². The topological polar surface area (TPSA) is 108 Å². The fourth-order valence-electron chi connectivity index (χ4n) is 2.20. The van der Waals surface area contributed by atoms with Gasteiger partial charge in [-0.2, -0.15) is 0 Å². The summed E-state index contributed by atoms with van der Waals surface area (Å²) in [5.41, 5.74) is 6.25. The van der Waals surface area contributed by atoms with Crippen LogP contribution < -0.4 is 15.8 Å². The summed E-state index contributed by atoms with van der Waals surface area (Å²) < 4.78 is 10.1. The van der Waals surface area contributed by atoms with Crippen molar-refractivity contribution < 1.29 is 23.9 Å². The largest absolute Gasteiger partial charge is 0.497 e. The summed E-state index contributed by atoms with van der Waals surface area (Å²) in [6, 6.07) is 6.48. The van der Waals surface area contributed by atoms with Gasteiger partial charge >= 0.3 is 5.97 Å². The monoisotopic (exact) mass is 362 g/mol. The highest BCUT2D eigenvalue weighted by Gasteiger charge is 2.25. The Morgan fingerprint density at radius 3 is 2.36 bits per heavy atom. The number of nitrogens with one attached hydrogen (secondary N) is 1. The lowest BCUT2D eigenvalue weighted by atomic mass is 10.1. The molecule has 2 rings (SSSR count). The van der Waals surface area contributed by atoms with Crippen molar-refractivity contribution in [2.45, 2.75) is 13.8 Å². The van der Waals surface area contributed by atoms with Gasteiger partial charge in [0.1, 0.15) is 10.8 Å². The first-order chi connectivity index (χ1) is 11.9. The minimum absolute atomic E-state index is 0.141. The molecule has 0 aliphatic rings. The predicted octanol–water partition coefficient (Wildman–Crippen LogP) is 2.59. The molecule has 2 aromatic rings. The van der Waals surface area contributed by atoms with Crippen molar-refractivity contribution in [3.05, 3.63) is 45.8 Å². The minimum Gasteiger partial charge on any atom is -0.497 e. The third-order valence-electron chi connectivity index (χ3n) is 3.43. The third-order valence-corrected chi connectivity index (χ3v) is 4.65. The molecule has 0 saturated heterocycles. The molecule has 0 aliphatic carbocycles. The van der Waals surface area contributed by atoms with Crippen LogP contribution in [-0.4, -0.2) is 31.5 Å². The third kappa shape index (κ3) is 3.97. The number of anilines is 1. The molecule has 1 heterocycles. The van der Waals surface area contributed by atoms with Crippen LogP contribution in [0.15, 0.2) is 24.3 Å². The van der Waals surface area contributed by atoms with E-state index in [2.05, 4.69) is 5.32 Å². The number of nitrogens with two attached hydrogens (primary N) is 1. The predicted molar refractivity (Wildman–Crippen MR) is 94.5 cm³/mol. The molecule has 0 atom stereocenters. The van der Waals surface area contributed by atoms with Crippen LogP contribution in [0.3, 0.4) is 0 Å². The first kappa shape index (κ1) is 18.5. The summed E-state index contributed by atoms with van der Waals surface area (Å²) >= 11 is 0.947. The van der Waals surface area contributed by atoms with E-state index < -0.39 is 17.8 Å². The Morgan fingerprint density at radius 2 is 1.84 bits per heavy atom. The maximum Gasteiger partial charge on any atom is 0.341 e. The Balaban J connectivity index is 2.36. The van der Waals surface area contributed by atoms with Crippen molar-refractivity contribution in [1.82, 2.24) is 0 Å². The first-order valence-corrected chi connectivity index (χ1v) is 8.26. The zero-order chi connectivity index (χ0) is 18.6. The van der Waals surface area contributed by atoms with Gasteiger partial charge in [-0.05, 0) is 43.7 Å². The van der Waals surface area contributed by atoms with Crippen LogP contribution in [0.4, 0.5) is 5.00 Å². The van der Waals surface area contributed by atoms with Crippen molar-refractivity contribution in [2.24, 2.45) is 5.73 Å². The molecule has 0 spiro atoms. The van der Waals surface area contributed by atoms with Crippen LogP contribution in [0, 0.1) is 6.92 Å². The number of hydrogen-bond donors (Lipinski definition) is 2. The summed E-state index contributed by atoms with van der Waals surface area (Å²) in [6.07, 6.45) is 0. The van der Waals surface area contributed by atoms with E-state index in [0.717, 1.165) is 11.3 Å². The molecule has 8 heteroatoms. The molecular formula is C17H18N2O5S. The summed E-state index contributed by atoms with van der Waals surface area (Å²) in [5, 5.41) is 2.88. The number of primary amides is 1. The van der Waals surface area contributed by atoms with Crippen LogP contribution >= 0.6 is 11.3 Å². The van der Waals surface area contributed by atoms with Gasteiger partial charge in [-0.25, -0.2) is 4.79 Å². The van der Waals surface area contributed by atoms with Crippen molar-refractivity contribution in [3.8, 4) is 5.75 Å². The van der Waals surface area contributed by atoms with Crippen molar-refractivity contribution in [3.63, 3.8) is 0 Å². The molecule has 0 unspecified atom stereocenters. The van der Waals surface area contributed by atoms with Gasteiger partial charge in [0.2, 0.25) is 0 Å². The van der Waals surface area contributed by atoms with Gasteiger partial charge in [-0.15, -0.1) is 11.3 Å². The highest BCUT2D eigenvalue weighted by molar-refractivity contribution is 7.18. The van der Waals surface area contributed by atoms with Gasteiger partial charge in [0, 0.05) is 5.56 Å². The summed E-state index contributed by atoms with van der Waals surface area (Å²) in [5.74, 6) is -1.09. The van der Waals surface area contributed by atoms with Crippen molar-refractivity contribution in [1.29, 1.82) is 0 Å². The molecule has 7 nitrogen and oxygen atoms in total. The van der Waals surface area contributed by atoms with Gasteiger partial charge in [-0.1, -0.05) is 0 Å². The fraction of sp³-hybridized carbons (Fsp3) is 0.235. The number of methoxy groups -OCH3 is 1. The molecule has 132 valence electrons. The standard InChI is InChI=1S/C17H18N2O5S/c1-4-24-17(22)12-9(2)13(14(18)20)25-16(12)19-15(21)10-5-7-11(23-3)8-6-10/h5-8H,4H2,1-3H3,(H2,18,20)(H,19,21). The first-order valence-electron chi connectivity index (χ1n) is 7.44. The summed E-state index contributed by atoms with van der Waals surface area (Å²) in [4.78, 5) is 36.4. The van der Waals surface area contributed by atoms with Gasteiger partial charge in [0.15, 0.2) is 0 Å².